The Labute approximate surface area is 496 Å². The van der Waals surface area contributed by atoms with Crippen LogP contribution in [-0.4, -0.2) is 157 Å². The number of nitrogens with zero attached hydrogens (tertiary/aromatic N) is 11. The first-order valence-corrected chi connectivity index (χ1v) is 30.9. The van der Waals surface area contributed by atoms with Crippen molar-refractivity contribution in [2.75, 3.05) is 86.3 Å². The second-order valence-corrected chi connectivity index (χ2v) is 24.3. The predicted molar refractivity (Wildman–Crippen MR) is 327 cm³/mol. The van der Waals surface area contributed by atoms with E-state index in [0.29, 0.717) is 36.3 Å². The molecule has 0 bridgehead atoms. The third-order valence-corrected chi connectivity index (χ3v) is 19.1. The summed E-state index contributed by atoms with van der Waals surface area (Å²) in [6.45, 7) is 11.7. The molecule has 0 aliphatic carbocycles. The summed E-state index contributed by atoms with van der Waals surface area (Å²) in [5, 5.41) is 7.03. The first-order valence-electron chi connectivity index (χ1n) is 30.9. The van der Waals surface area contributed by atoms with E-state index in [1.807, 2.05) is 47.4 Å². The van der Waals surface area contributed by atoms with Crippen molar-refractivity contribution in [1.29, 1.82) is 0 Å². The van der Waals surface area contributed by atoms with Gasteiger partial charge in [0, 0.05) is 114 Å². The predicted octanol–water partition coefficient (Wildman–Crippen LogP) is 9.00. The molecule has 2 unspecified atom stereocenters. The number of hydrogen-bond acceptors (Lipinski definition) is 12. The number of imide groups is 1. The van der Waals surface area contributed by atoms with Crippen LogP contribution in [0, 0.1) is 5.92 Å². The van der Waals surface area contributed by atoms with Gasteiger partial charge in [-0.3, -0.25) is 38.2 Å². The van der Waals surface area contributed by atoms with Crippen LogP contribution >= 0.6 is 0 Å². The SMILES string of the molecule is COCCn1c(=O)n(C2CCC(=O)N(Cc3ccc(OC)cc3)C2=O)c2ccc(CN3CCN(CC4CCN(C(=O)c5ccc(C6CCN(Cc7cc8c(-c9ccc%10c(cnn%10C%10CCCCO%10)c9)ccnc8n7C)CC6)cc5)CC4)CC3)cc21. The van der Waals surface area contributed by atoms with Crippen molar-refractivity contribution in [3.63, 3.8) is 0 Å². The summed E-state index contributed by atoms with van der Waals surface area (Å²) >= 11 is 0. The number of amides is 3. The summed E-state index contributed by atoms with van der Waals surface area (Å²) in [6, 6.07) is 32.3. The number of hydrogen-bond donors (Lipinski definition) is 0. The number of rotatable bonds is 17. The van der Waals surface area contributed by atoms with Crippen LogP contribution in [0.15, 0.2) is 114 Å². The smallest absolute Gasteiger partial charge is 0.329 e. The van der Waals surface area contributed by atoms with E-state index in [4.69, 9.17) is 24.3 Å². The summed E-state index contributed by atoms with van der Waals surface area (Å²) in [7, 11) is 5.35. The van der Waals surface area contributed by atoms with Gasteiger partial charge in [0.2, 0.25) is 5.91 Å². The average Bonchev–Trinajstić information content (AvgIpc) is 3.54. The monoisotopic (exact) mass is 1150 g/mol. The van der Waals surface area contributed by atoms with Crippen molar-refractivity contribution in [1.82, 2.24) is 53.0 Å². The number of piperidine rings is 3. The van der Waals surface area contributed by atoms with Crippen LogP contribution in [0.4, 0.5) is 0 Å². The second kappa shape index (κ2) is 24.9. The molecule has 18 heteroatoms. The zero-order valence-corrected chi connectivity index (χ0v) is 49.4. The molecular weight excluding hydrogens is 1070 g/mol. The van der Waals surface area contributed by atoms with E-state index >= 15 is 0 Å². The third-order valence-electron chi connectivity index (χ3n) is 19.1. The molecule has 8 aromatic rings. The minimum Gasteiger partial charge on any atom is -0.497 e. The molecule has 0 saturated carbocycles. The quantitative estimate of drug-likeness (QED) is 0.0799. The van der Waals surface area contributed by atoms with E-state index < -0.39 is 6.04 Å². The fraction of sp³-hybridized carbons (Fsp3) is 0.463. The van der Waals surface area contributed by atoms with Crippen LogP contribution < -0.4 is 10.4 Å². The highest BCUT2D eigenvalue weighted by molar-refractivity contribution is 6.00. The minimum atomic E-state index is -0.794. The van der Waals surface area contributed by atoms with Crippen molar-refractivity contribution in [3.8, 4) is 16.9 Å². The molecule has 0 radical (unpaired) electrons. The van der Waals surface area contributed by atoms with Gasteiger partial charge in [0.05, 0.1) is 49.6 Å². The van der Waals surface area contributed by atoms with Gasteiger partial charge in [-0.05, 0) is 165 Å². The maximum absolute atomic E-state index is 14.2. The van der Waals surface area contributed by atoms with Crippen LogP contribution in [0.25, 0.3) is 44.1 Å². The van der Waals surface area contributed by atoms with Crippen LogP contribution in [-0.2, 0) is 52.3 Å². The highest BCUT2D eigenvalue weighted by Gasteiger charge is 2.38. The van der Waals surface area contributed by atoms with Gasteiger partial charge in [0.1, 0.15) is 17.4 Å². The van der Waals surface area contributed by atoms with Gasteiger partial charge in [0.15, 0.2) is 6.23 Å². The zero-order chi connectivity index (χ0) is 58.1. The number of benzene rings is 4. The number of likely N-dealkylation sites (tertiary alicyclic amines) is 3. The zero-order valence-electron chi connectivity index (χ0n) is 49.4. The number of carbonyl (C=O) groups is 3. The number of imidazole rings is 1. The summed E-state index contributed by atoms with van der Waals surface area (Å²) in [5.41, 5.74) is 10.9. The van der Waals surface area contributed by atoms with Gasteiger partial charge in [-0.2, -0.15) is 5.10 Å². The van der Waals surface area contributed by atoms with Gasteiger partial charge in [-0.1, -0.05) is 36.4 Å². The number of piperazine rings is 1. The molecule has 0 N–H and O–H groups in total. The van der Waals surface area contributed by atoms with Crippen molar-refractivity contribution >= 4 is 50.7 Å². The van der Waals surface area contributed by atoms with Gasteiger partial charge < -0.3 is 28.6 Å². The summed E-state index contributed by atoms with van der Waals surface area (Å²) in [4.78, 5) is 71.1. The molecule has 18 nitrogen and oxygen atoms in total. The third kappa shape index (κ3) is 11.7. The van der Waals surface area contributed by atoms with Crippen molar-refractivity contribution in [2.24, 2.45) is 13.0 Å². The number of ether oxygens (including phenoxy) is 3. The van der Waals surface area contributed by atoms with E-state index in [0.717, 1.165) is 156 Å². The van der Waals surface area contributed by atoms with E-state index in [-0.39, 0.29) is 49.0 Å². The van der Waals surface area contributed by atoms with E-state index in [2.05, 4.69) is 97.9 Å². The lowest BCUT2D eigenvalue weighted by Gasteiger charge is -2.39. The Kier molecular flexibility index (Phi) is 16.6. The summed E-state index contributed by atoms with van der Waals surface area (Å²) < 4.78 is 24.4. The van der Waals surface area contributed by atoms with E-state index in [9.17, 15) is 19.2 Å². The number of fused-ring (bicyclic) bond motifs is 3. The van der Waals surface area contributed by atoms with Gasteiger partial charge >= 0.3 is 5.69 Å². The Bertz CT molecular complexity index is 3760. The van der Waals surface area contributed by atoms with Gasteiger partial charge in [-0.25, -0.2) is 14.5 Å². The molecule has 4 aromatic heterocycles. The molecule has 4 aromatic carbocycles. The largest absolute Gasteiger partial charge is 0.497 e. The molecule has 5 fully saturated rings. The number of aromatic nitrogens is 6. The molecule has 85 heavy (non-hydrogen) atoms. The number of carbonyl (C=O) groups excluding carboxylic acids is 3. The Morgan fingerprint density at radius 1 is 0.706 bits per heavy atom. The fourth-order valence-corrected chi connectivity index (χ4v) is 14.1. The summed E-state index contributed by atoms with van der Waals surface area (Å²) in [6.07, 6.45) is 11.8. The topological polar surface area (TPSA) is 158 Å². The second-order valence-electron chi connectivity index (χ2n) is 24.3. The molecule has 9 heterocycles. The minimum absolute atomic E-state index is 0.00840. The normalized spacial score (nSPS) is 20.2. The maximum Gasteiger partial charge on any atom is 0.329 e. The molecular formula is C67H79N11O7. The maximum atomic E-state index is 14.2. The summed E-state index contributed by atoms with van der Waals surface area (Å²) in [5.74, 6) is 1.25. The lowest BCUT2D eigenvalue weighted by molar-refractivity contribution is -0.151. The average molecular weight is 1150 g/mol. The molecule has 5 aliphatic heterocycles. The highest BCUT2D eigenvalue weighted by atomic mass is 16.5. The van der Waals surface area contributed by atoms with Crippen LogP contribution in [0.3, 0.4) is 0 Å². The van der Waals surface area contributed by atoms with Crippen LogP contribution in [0.2, 0.25) is 0 Å². The van der Waals surface area contributed by atoms with Crippen molar-refractivity contribution in [2.45, 2.75) is 102 Å². The van der Waals surface area contributed by atoms with Crippen LogP contribution in [0.5, 0.6) is 5.75 Å². The van der Waals surface area contributed by atoms with Gasteiger partial charge in [-0.15, -0.1) is 0 Å². The van der Waals surface area contributed by atoms with Crippen molar-refractivity contribution < 1.29 is 28.6 Å². The molecule has 2 atom stereocenters. The van der Waals surface area contributed by atoms with Crippen molar-refractivity contribution in [3.05, 3.63) is 148 Å². The first-order chi connectivity index (χ1) is 41.6. The Hall–Kier alpha value is -7.48. The first kappa shape index (κ1) is 56.6. The Balaban J connectivity index is 0.564. The van der Waals surface area contributed by atoms with Crippen LogP contribution in [0.1, 0.15) is 109 Å². The molecule has 444 valence electrons. The Morgan fingerprint density at radius 2 is 1.46 bits per heavy atom. The number of pyridine rings is 1. The highest BCUT2D eigenvalue weighted by Crippen LogP contribution is 2.36. The fourth-order valence-electron chi connectivity index (χ4n) is 14.1. The molecule has 3 amide bonds. The lowest BCUT2D eigenvalue weighted by atomic mass is 9.88. The van der Waals surface area contributed by atoms with E-state index in [1.54, 1.807) is 23.4 Å². The van der Waals surface area contributed by atoms with Gasteiger partial charge in [0.25, 0.3) is 11.8 Å². The van der Waals surface area contributed by atoms with E-state index in [1.165, 1.54) is 39.1 Å². The lowest BCUT2D eigenvalue weighted by Crippen LogP contribution is -2.48. The number of methoxy groups -OCH3 is 2. The number of aryl methyl sites for hydroxylation is 1. The standard InChI is InChI=1S/C67H79N11O7/c1-70-54(40-57-56(21-26-68-64(57)70)52-14-18-58-53(39-52)41-69-78(58)63-6-4-5-36-85-63)45-71-27-24-50(25-28-71)49-10-12-51(13-11-49)65(80)74-29-22-47(23-30-74)42-72-31-33-73(34-32-72)43-48-9-17-59-61(38-48)75(35-37-83-2)67(82)77(59)60-19-20-62(79)76(66(60)81)44-46-7-15-55(84-3)16-8-46/h7-18,21,26,38-41,47,50,60,63H,4-6,19-20,22-25,27-37,42-45H2,1-3H3. The molecule has 5 aliphatic rings. The molecule has 13 rings (SSSR count). The molecule has 0 spiro atoms. The Morgan fingerprint density at radius 3 is 2.21 bits per heavy atom. The molecule has 5 saturated heterocycles.